The van der Waals surface area contributed by atoms with E-state index in [2.05, 4.69) is 5.32 Å². The lowest BCUT2D eigenvalue weighted by molar-refractivity contribution is -0.131. The van der Waals surface area contributed by atoms with Crippen LogP contribution in [-0.2, 0) is 9.53 Å². The molecule has 0 aliphatic heterocycles. The number of thioether (sulfide) groups is 1. The lowest BCUT2D eigenvalue weighted by atomic mass is 10.3. The number of ether oxygens (including phenoxy) is 1. The standard InChI is InChI=1S/C16H22FNO2S/c1-12(20-11-13-3-4-13)16(19)18-9-2-10-21-15-7-5-14(17)6-8-15/h5-8,12-13H,2-4,9-11H2,1H3,(H,18,19). The van der Waals surface area contributed by atoms with E-state index in [0.29, 0.717) is 19.1 Å². The van der Waals surface area contributed by atoms with E-state index in [4.69, 9.17) is 4.74 Å². The van der Waals surface area contributed by atoms with E-state index in [1.54, 1.807) is 30.8 Å². The maximum Gasteiger partial charge on any atom is 0.248 e. The Hall–Kier alpha value is -1.07. The number of carbonyl (C=O) groups is 1. The summed E-state index contributed by atoms with van der Waals surface area (Å²) < 4.78 is 18.3. The number of rotatable bonds is 9. The first-order valence-corrected chi connectivity index (χ1v) is 8.41. The van der Waals surface area contributed by atoms with Crippen LogP contribution < -0.4 is 5.32 Å². The molecule has 1 atom stereocenters. The monoisotopic (exact) mass is 311 g/mol. The van der Waals surface area contributed by atoms with E-state index in [9.17, 15) is 9.18 Å². The minimum atomic E-state index is -0.365. The van der Waals surface area contributed by atoms with Crippen molar-refractivity contribution in [2.75, 3.05) is 18.9 Å². The first-order valence-electron chi connectivity index (χ1n) is 7.43. The number of benzene rings is 1. The van der Waals surface area contributed by atoms with Crippen molar-refractivity contribution >= 4 is 17.7 Å². The molecule has 0 bridgehead atoms. The van der Waals surface area contributed by atoms with Crippen LogP contribution in [-0.4, -0.2) is 30.9 Å². The highest BCUT2D eigenvalue weighted by Gasteiger charge is 2.23. The first kappa shape index (κ1) is 16.3. The van der Waals surface area contributed by atoms with Crippen molar-refractivity contribution in [2.45, 2.75) is 37.2 Å². The Morgan fingerprint density at radius 1 is 1.43 bits per heavy atom. The second kappa shape index (κ2) is 8.39. The molecule has 1 aromatic carbocycles. The quantitative estimate of drug-likeness (QED) is 0.562. The molecule has 5 heteroatoms. The summed E-state index contributed by atoms with van der Waals surface area (Å²) in [5.41, 5.74) is 0. The molecule has 1 aliphatic rings. The van der Waals surface area contributed by atoms with Crippen LogP contribution in [0.4, 0.5) is 4.39 Å². The summed E-state index contributed by atoms with van der Waals surface area (Å²) >= 11 is 1.66. The number of nitrogens with one attached hydrogen (secondary N) is 1. The molecule has 3 nitrogen and oxygen atoms in total. The molecule has 1 unspecified atom stereocenters. The number of hydrogen-bond acceptors (Lipinski definition) is 3. The summed E-state index contributed by atoms with van der Waals surface area (Å²) in [7, 11) is 0. The number of hydrogen-bond donors (Lipinski definition) is 1. The average molecular weight is 311 g/mol. The Morgan fingerprint density at radius 3 is 2.81 bits per heavy atom. The summed E-state index contributed by atoms with van der Waals surface area (Å²) in [6.45, 7) is 3.14. The highest BCUT2D eigenvalue weighted by molar-refractivity contribution is 7.99. The third kappa shape index (κ3) is 6.48. The largest absolute Gasteiger partial charge is 0.368 e. The predicted molar refractivity (Wildman–Crippen MR) is 82.9 cm³/mol. The summed E-state index contributed by atoms with van der Waals surface area (Å²) in [5, 5.41) is 2.88. The Balaban J connectivity index is 1.52. The lowest BCUT2D eigenvalue weighted by Crippen LogP contribution is -2.35. The molecule has 0 saturated heterocycles. The molecule has 1 saturated carbocycles. The van der Waals surface area contributed by atoms with Gasteiger partial charge in [-0.05, 0) is 62.1 Å². The van der Waals surface area contributed by atoms with Crippen molar-refractivity contribution in [1.82, 2.24) is 5.32 Å². The van der Waals surface area contributed by atoms with E-state index in [0.717, 1.165) is 17.1 Å². The molecule has 21 heavy (non-hydrogen) atoms. The van der Waals surface area contributed by atoms with Crippen molar-refractivity contribution < 1.29 is 13.9 Å². The van der Waals surface area contributed by atoms with Crippen molar-refractivity contribution in [2.24, 2.45) is 5.92 Å². The van der Waals surface area contributed by atoms with Gasteiger partial charge in [0.15, 0.2) is 0 Å². The van der Waals surface area contributed by atoms with Gasteiger partial charge in [-0.15, -0.1) is 11.8 Å². The molecule has 0 aromatic heterocycles. The van der Waals surface area contributed by atoms with Crippen LogP contribution in [0.25, 0.3) is 0 Å². The Kier molecular flexibility index (Phi) is 6.51. The zero-order valence-corrected chi connectivity index (χ0v) is 13.1. The van der Waals surface area contributed by atoms with E-state index >= 15 is 0 Å². The summed E-state index contributed by atoms with van der Waals surface area (Å²) in [4.78, 5) is 12.8. The minimum absolute atomic E-state index is 0.0394. The number of carbonyl (C=O) groups excluding carboxylic acids is 1. The molecule has 0 spiro atoms. The highest BCUT2D eigenvalue weighted by Crippen LogP contribution is 2.29. The van der Waals surface area contributed by atoms with Gasteiger partial charge >= 0.3 is 0 Å². The van der Waals surface area contributed by atoms with E-state index in [1.807, 2.05) is 0 Å². The van der Waals surface area contributed by atoms with Gasteiger partial charge in [-0.3, -0.25) is 4.79 Å². The normalized spacial score (nSPS) is 15.7. The molecule has 1 fully saturated rings. The van der Waals surface area contributed by atoms with E-state index < -0.39 is 0 Å². The van der Waals surface area contributed by atoms with Gasteiger partial charge in [-0.2, -0.15) is 0 Å². The highest BCUT2D eigenvalue weighted by atomic mass is 32.2. The van der Waals surface area contributed by atoms with Crippen LogP contribution in [0.2, 0.25) is 0 Å². The van der Waals surface area contributed by atoms with Crippen LogP contribution in [0.1, 0.15) is 26.2 Å². The third-order valence-corrected chi connectivity index (χ3v) is 4.45. The summed E-state index contributed by atoms with van der Waals surface area (Å²) in [6, 6.07) is 6.46. The van der Waals surface area contributed by atoms with Gasteiger partial charge in [0.1, 0.15) is 11.9 Å². The Labute approximate surface area is 129 Å². The molecule has 0 radical (unpaired) electrons. The average Bonchev–Trinajstić information content (AvgIpc) is 3.30. The second-order valence-corrected chi connectivity index (χ2v) is 6.53. The molecule has 1 N–H and O–H groups in total. The first-order chi connectivity index (χ1) is 10.1. The Bertz CT molecular complexity index is 448. The molecule has 0 heterocycles. The SMILES string of the molecule is CC(OCC1CC1)C(=O)NCCCSc1ccc(F)cc1. The van der Waals surface area contributed by atoms with Crippen molar-refractivity contribution in [3.8, 4) is 0 Å². The summed E-state index contributed by atoms with van der Waals surface area (Å²) in [6.07, 6.45) is 2.97. The molecule has 1 amide bonds. The van der Waals surface area contributed by atoms with Gasteiger partial charge in [0.2, 0.25) is 5.91 Å². The van der Waals surface area contributed by atoms with E-state index in [-0.39, 0.29) is 17.8 Å². The molecule has 1 aliphatic carbocycles. The Morgan fingerprint density at radius 2 is 2.14 bits per heavy atom. The van der Waals surface area contributed by atoms with Gasteiger partial charge in [0, 0.05) is 11.4 Å². The second-order valence-electron chi connectivity index (χ2n) is 5.37. The zero-order chi connectivity index (χ0) is 15.1. The molecule has 1 aromatic rings. The van der Waals surface area contributed by atoms with Crippen LogP contribution in [0.15, 0.2) is 29.2 Å². The maximum atomic E-state index is 12.7. The summed E-state index contributed by atoms with van der Waals surface area (Å²) in [5.74, 6) is 1.31. The van der Waals surface area contributed by atoms with E-state index in [1.165, 1.54) is 25.0 Å². The molecule has 116 valence electrons. The van der Waals surface area contributed by atoms with Gasteiger partial charge in [0.05, 0.1) is 6.61 Å². The topological polar surface area (TPSA) is 38.3 Å². The predicted octanol–water partition coefficient (Wildman–Crippen LogP) is 3.24. The van der Waals surface area contributed by atoms with Gasteiger partial charge in [-0.1, -0.05) is 0 Å². The zero-order valence-electron chi connectivity index (χ0n) is 12.3. The fraction of sp³-hybridized carbons (Fsp3) is 0.562. The van der Waals surface area contributed by atoms with Crippen molar-refractivity contribution in [3.05, 3.63) is 30.1 Å². The molecular formula is C16H22FNO2S. The third-order valence-electron chi connectivity index (χ3n) is 3.35. The number of halogens is 1. The smallest absolute Gasteiger partial charge is 0.248 e. The maximum absolute atomic E-state index is 12.7. The van der Waals surface area contributed by atoms with Crippen molar-refractivity contribution in [3.63, 3.8) is 0 Å². The molecular weight excluding hydrogens is 289 g/mol. The molecule has 2 rings (SSSR count). The van der Waals surface area contributed by atoms with Gasteiger partial charge < -0.3 is 10.1 Å². The fourth-order valence-corrected chi connectivity index (χ4v) is 2.64. The minimum Gasteiger partial charge on any atom is -0.368 e. The van der Waals surface area contributed by atoms with Crippen LogP contribution >= 0.6 is 11.8 Å². The van der Waals surface area contributed by atoms with Crippen molar-refractivity contribution in [1.29, 1.82) is 0 Å². The van der Waals surface area contributed by atoms with Gasteiger partial charge in [0.25, 0.3) is 0 Å². The van der Waals surface area contributed by atoms with Crippen LogP contribution in [0.5, 0.6) is 0 Å². The number of amides is 1. The van der Waals surface area contributed by atoms with Crippen LogP contribution in [0, 0.1) is 11.7 Å². The fourth-order valence-electron chi connectivity index (χ4n) is 1.79. The lowest BCUT2D eigenvalue weighted by Gasteiger charge is -2.13. The van der Waals surface area contributed by atoms with Crippen LogP contribution in [0.3, 0.4) is 0 Å². The van der Waals surface area contributed by atoms with Gasteiger partial charge in [-0.25, -0.2) is 4.39 Å².